The zero-order valence-corrected chi connectivity index (χ0v) is 12.3. The number of thiophene rings is 2. The molecule has 1 N–H and O–H groups in total. The lowest BCUT2D eigenvalue weighted by Gasteiger charge is -2.15. The van der Waals surface area contributed by atoms with E-state index in [9.17, 15) is 0 Å². The molecule has 0 saturated heterocycles. The maximum absolute atomic E-state index is 3.59. The van der Waals surface area contributed by atoms with E-state index in [1.54, 1.807) is 0 Å². The first-order valence-corrected chi connectivity index (χ1v) is 7.73. The van der Waals surface area contributed by atoms with Crippen molar-refractivity contribution in [2.24, 2.45) is 0 Å². The van der Waals surface area contributed by atoms with E-state index in [0.29, 0.717) is 6.04 Å². The summed E-state index contributed by atoms with van der Waals surface area (Å²) in [6.45, 7) is 7.60. The third kappa shape index (κ3) is 3.18. The molecule has 2 aromatic rings. The van der Waals surface area contributed by atoms with Crippen LogP contribution in [0, 0.1) is 13.8 Å². The van der Waals surface area contributed by atoms with Gasteiger partial charge in [0.2, 0.25) is 0 Å². The topological polar surface area (TPSA) is 12.0 Å². The van der Waals surface area contributed by atoms with Crippen LogP contribution in [0.5, 0.6) is 0 Å². The quantitative estimate of drug-likeness (QED) is 0.849. The molecule has 0 radical (unpaired) electrons. The van der Waals surface area contributed by atoms with Crippen molar-refractivity contribution in [3.63, 3.8) is 0 Å². The SMILES string of the molecule is CCNC(Cc1cccs1)c1cc(C)c(C)s1. The van der Waals surface area contributed by atoms with Gasteiger partial charge in [0, 0.05) is 27.1 Å². The molecule has 0 bridgehead atoms. The van der Waals surface area contributed by atoms with Crippen LogP contribution in [0.1, 0.15) is 33.2 Å². The fraction of sp³-hybridized carbons (Fsp3) is 0.429. The predicted molar refractivity (Wildman–Crippen MR) is 78.2 cm³/mol. The molecule has 0 fully saturated rings. The Bertz CT molecular complexity index is 437. The molecule has 3 heteroatoms. The maximum Gasteiger partial charge on any atom is 0.0463 e. The summed E-state index contributed by atoms with van der Waals surface area (Å²) in [5, 5.41) is 5.75. The van der Waals surface area contributed by atoms with Crippen molar-refractivity contribution >= 4 is 22.7 Å². The molecule has 0 aliphatic heterocycles. The van der Waals surface area contributed by atoms with E-state index in [1.807, 2.05) is 22.7 Å². The van der Waals surface area contributed by atoms with Crippen molar-refractivity contribution < 1.29 is 0 Å². The molecular weight excluding hydrogens is 246 g/mol. The highest BCUT2D eigenvalue weighted by molar-refractivity contribution is 7.12. The van der Waals surface area contributed by atoms with Crippen molar-refractivity contribution in [3.8, 4) is 0 Å². The van der Waals surface area contributed by atoms with Gasteiger partial charge in [0.25, 0.3) is 0 Å². The molecule has 1 atom stereocenters. The summed E-state index contributed by atoms with van der Waals surface area (Å²) in [6, 6.07) is 7.16. The second-order valence-corrected chi connectivity index (χ2v) is 6.60. The Kier molecular flexibility index (Phi) is 4.37. The van der Waals surface area contributed by atoms with Crippen LogP contribution >= 0.6 is 22.7 Å². The summed E-state index contributed by atoms with van der Waals surface area (Å²) in [7, 11) is 0. The van der Waals surface area contributed by atoms with Gasteiger partial charge in [-0.1, -0.05) is 13.0 Å². The maximum atomic E-state index is 3.59. The van der Waals surface area contributed by atoms with E-state index >= 15 is 0 Å². The highest BCUT2D eigenvalue weighted by Gasteiger charge is 2.14. The number of hydrogen-bond acceptors (Lipinski definition) is 3. The highest BCUT2D eigenvalue weighted by Crippen LogP contribution is 2.29. The first kappa shape index (κ1) is 12.8. The standard InChI is InChI=1S/C14H19NS2/c1-4-15-13(9-12-6-5-7-16-12)14-8-10(2)11(3)17-14/h5-8,13,15H,4,9H2,1-3H3. The zero-order chi connectivity index (χ0) is 12.3. The van der Waals surface area contributed by atoms with Gasteiger partial charge in [-0.15, -0.1) is 22.7 Å². The van der Waals surface area contributed by atoms with E-state index in [1.165, 1.54) is 20.2 Å². The van der Waals surface area contributed by atoms with Gasteiger partial charge < -0.3 is 5.32 Å². The molecule has 92 valence electrons. The van der Waals surface area contributed by atoms with Crippen LogP contribution in [0.3, 0.4) is 0 Å². The Labute approximate surface area is 112 Å². The molecule has 0 spiro atoms. The second kappa shape index (κ2) is 5.80. The first-order valence-electron chi connectivity index (χ1n) is 6.03. The van der Waals surface area contributed by atoms with E-state index in [-0.39, 0.29) is 0 Å². The summed E-state index contributed by atoms with van der Waals surface area (Å²) >= 11 is 3.77. The predicted octanol–water partition coefficient (Wildman–Crippen LogP) is 4.32. The Hall–Kier alpha value is -0.640. The summed E-state index contributed by atoms with van der Waals surface area (Å²) < 4.78 is 0. The number of nitrogens with one attached hydrogen (secondary N) is 1. The number of rotatable bonds is 5. The van der Waals surface area contributed by atoms with Gasteiger partial charge in [-0.3, -0.25) is 0 Å². The van der Waals surface area contributed by atoms with Gasteiger partial charge >= 0.3 is 0 Å². The fourth-order valence-electron chi connectivity index (χ4n) is 1.92. The minimum Gasteiger partial charge on any atom is -0.309 e. The van der Waals surface area contributed by atoms with Gasteiger partial charge in [0.1, 0.15) is 0 Å². The van der Waals surface area contributed by atoms with Crippen molar-refractivity contribution in [1.29, 1.82) is 0 Å². The van der Waals surface area contributed by atoms with E-state index in [0.717, 1.165) is 13.0 Å². The zero-order valence-electron chi connectivity index (χ0n) is 10.6. The summed E-state index contributed by atoms with van der Waals surface area (Å²) in [5.74, 6) is 0. The van der Waals surface area contributed by atoms with Crippen molar-refractivity contribution in [1.82, 2.24) is 5.32 Å². The lowest BCUT2D eigenvalue weighted by molar-refractivity contribution is 0.561. The molecule has 0 amide bonds. The molecule has 2 aromatic heterocycles. The third-order valence-corrected chi connectivity index (χ3v) is 5.13. The van der Waals surface area contributed by atoms with Gasteiger partial charge in [0.15, 0.2) is 0 Å². The molecule has 1 nitrogen and oxygen atoms in total. The Morgan fingerprint density at radius 2 is 2.18 bits per heavy atom. The Balaban J connectivity index is 2.16. The van der Waals surface area contributed by atoms with Gasteiger partial charge in [-0.25, -0.2) is 0 Å². The third-order valence-electron chi connectivity index (χ3n) is 2.96. The van der Waals surface area contributed by atoms with Gasteiger partial charge in [-0.2, -0.15) is 0 Å². The van der Waals surface area contributed by atoms with Crippen LogP contribution in [0.15, 0.2) is 23.6 Å². The monoisotopic (exact) mass is 265 g/mol. The summed E-state index contributed by atoms with van der Waals surface area (Å²) in [5.41, 5.74) is 1.42. The van der Waals surface area contributed by atoms with E-state index in [2.05, 4.69) is 49.7 Å². The van der Waals surface area contributed by atoms with Crippen molar-refractivity contribution in [2.45, 2.75) is 33.2 Å². The number of likely N-dealkylation sites (N-methyl/N-ethyl adjacent to an activating group) is 1. The van der Waals surface area contributed by atoms with E-state index < -0.39 is 0 Å². The minimum absolute atomic E-state index is 0.469. The molecule has 0 aliphatic carbocycles. The Morgan fingerprint density at radius 3 is 2.71 bits per heavy atom. The van der Waals surface area contributed by atoms with Crippen LogP contribution < -0.4 is 5.32 Å². The summed E-state index contributed by atoms with van der Waals surface area (Å²) in [6.07, 6.45) is 1.10. The van der Waals surface area contributed by atoms with Crippen LogP contribution in [0.4, 0.5) is 0 Å². The molecule has 0 aliphatic rings. The molecule has 2 heterocycles. The highest BCUT2D eigenvalue weighted by atomic mass is 32.1. The van der Waals surface area contributed by atoms with Crippen LogP contribution in [-0.2, 0) is 6.42 Å². The molecule has 0 saturated carbocycles. The number of hydrogen-bond donors (Lipinski definition) is 1. The normalized spacial score (nSPS) is 12.9. The van der Waals surface area contributed by atoms with Crippen LogP contribution in [0.25, 0.3) is 0 Å². The summed E-state index contributed by atoms with van der Waals surface area (Å²) in [4.78, 5) is 4.36. The average molecular weight is 265 g/mol. The van der Waals surface area contributed by atoms with Crippen molar-refractivity contribution in [2.75, 3.05) is 6.54 Å². The average Bonchev–Trinajstić information content (AvgIpc) is 2.90. The van der Waals surface area contributed by atoms with Gasteiger partial charge in [0.05, 0.1) is 0 Å². The lowest BCUT2D eigenvalue weighted by Crippen LogP contribution is -2.21. The van der Waals surface area contributed by atoms with Crippen LogP contribution in [0.2, 0.25) is 0 Å². The van der Waals surface area contributed by atoms with Crippen molar-refractivity contribution in [3.05, 3.63) is 43.8 Å². The molecule has 17 heavy (non-hydrogen) atoms. The molecular formula is C14H19NS2. The largest absolute Gasteiger partial charge is 0.309 e. The molecule has 2 rings (SSSR count). The fourth-order valence-corrected chi connectivity index (χ4v) is 3.79. The van der Waals surface area contributed by atoms with Crippen LogP contribution in [-0.4, -0.2) is 6.54 Å². The molecule has 1 unspecified atom stereocenters. The minimum atomic E-state index is 0.469. The lowest BCUT2D eigenvalue weighted by atomic mass is 10.1. The van der Waals surface area contributed by atoms with E-state index in [4.69, 9.17) is 0 Å². The second-order valence-electron chi connectivity index (χ2n) is 4.28. The number of aryl methyl sites for hydroxylation is 2. The smallest absolute Gasteiger partial charge is 0.0463 e. The molecule has 0 aromatic carbocycles. The van der Waals surface area contributed by atoms with Gasteiger partial charge in [-0.05, 0) is 43.5 Å². The first-order chi connectivity index (χ1) is 8.20. The Morgan fingerprint density at radius 1 is 1.35 bits per heavy atom.